The Bertz CT molecular complexity index is 1280. The van der Waals surface area contributed by atoms with E-state index in [1.807, 2.05) is 65.8 Å². The summed E-state index contributed by atoms with van der Waals surface area (Å²) in [6.07, 6.45) is 0.533. The fourth-order valence-electron chi connectivity index (χ4n) is 3.17. The van der Waals surface area contributed by atoms with E-state index in [1.165, 1.54) is 0 Å². The maximum atomic E-state index is 10.8. The van der Waals surface area contributed by atoms with Gasteiger partial charge in [-0.1, -0.05) is 50.7 Å². The van der Waals surface area contributed by atoms with Gasteiger partial charge in [0.1, 0.15) is 34.1 Å². The highest BCUT2D eigenvalue weighted by Gasteiger charge is 2.22. The quantitative estimate of drug-likeness (QED) is 0.213. The molecular formula is C32H38BrCl3N2O4. The topological polar surface area (TPSA) is 94.6 Å². The molecule has 0 aliphatic heterocycles. The van der Waals surface area contributed by atoms with Crippen LogP contribution in [0.15, 0.2) is 72.8 Å². The second-order valence-corrected chi connectivity index (χ2v) is 12.9. The van der Waals surface area contributed by atoms with Crippen molar-refractivity contribution in [2.75, 3.05) is 5.33 Å². The molecule has 0 radical (unpaired) electrons. The van der Waals surface area contributed by atoms with Crippen LogP contribution in [0.25, 0.3) is 0 Å². The van der Waals surface area contributed by atoms with E-state index in [9.17, 15) is 4.79 Å². The molecule has 0 atom stereocenters. The third kappa shape index (κ3) is 16.7. The summed E-state index contributed by atoms with van der Waals surface area (Å²) in [5.74, 6) is 1.86. The number of carbonyl (C=O) groups excluding carboxylic acids is 1. The van der Waals surface area contributed by atoms with Gasteiger partial charge in [-0.05, 0) is 114 Å². The zero-order valence-corrected chi connectivity index (χ0v) is 28.6. The van der Waals surface area contributed by atoms with E-state index in [2.05, 4.69) is 22.0 Å². The van der Waals surface area contributed by atoms with Gasteiger partial charge in [0.15, 0.2) is 0 Å². The van der Waals surface area contributed by atoms with Crippen molar-refractivity contribution >= 4 is 56.6 Å². The van der Waals surface area contributed by atoms with Crippen LogP contribution in [-0.2, 0) is 4.79 Å². The normalized spacial score (nSPS) is 11.1. The first-order valence-electron chi connectivity index (χ1n) is 13.0. The molecule has 0 saturated heterocycles. The molecule has 0 aromatic heterocycles. The zero-order chi connectivity index (χ0) is 32.0. The Hall–Kier alpha value is -2.63. The molecule has 0 unspecified atom stereocenters. The standard InChI is InChI=1S/C11H14ClNO2.C11H12ClNO.C10H12BrClO/c1-11(2,7-10(13)14)15-9-5-3-8(12)4-6-9;1-11(2,7-8-13)14-10-5-3-9(12)4-6-10;1-10(2,7-11)13-9-5-3-8(12)4-6-9/h3-6H,7H2,1-2H3,(H2,13,14);3-6H,7H2,1-2H3;3-6H,7H2,1-2H3. The molecule has 1 amide bonds. The van der Waals surface area contributed by atoms with Crippen LogP contribution < -0.4 is 19.9 Å². The molecule has 0 fully saturated rings. The largest absolute Gasteiger partial charge is 0.487 e. The Balaban J connectivity index is 0.000000316. The van der Waals surface area contributed by atoms with Gasteiger partial charge in [0.25, 0.3) is 0 Å². The average molecular weight is 701 g/mol. The number of benzene rings is 3. The van der Waals surface area contributed by atoms with Gasteiger partial charge in [-0.2, -0.15) is 5.26 Å². The Morgan fingerprint density at radius 1 is 0.690 bits per heavy atom. The van der Waals surface area contributed by atoms with Gasteiger partial charge in [-0.15, -0.1) is 0 Å². The minimum atomic E-state index is -0.598. The number of nitrogens with zero attached hydrogens (tertiary/aromatic N) is 1. The van der Waals surface area contributed by atoms with Crippen molar-refractivity contribution in [1.82, 2.24) is 0 Å². The van der Waals surface area contributed by atoms with Crippen LogP contribution in [0.2, 0.25) is 15.1 Å². The summed E-state index contributed by atoms with van der Waals surface area (Å²) < 4.78 is 16.9. The number of carbonyl (C=O) groups is 1. The van der Waals surface area contributed by atoms with Crippen LogP contribution in [0.5, 0.6) is 17.2 Å². The zero-order valence-electron chi connectivity index (χ0n) is 24.7. The Kier molecular flexibility index (Phi) is 15.6. The van der Waals surface area contributed by atoms with Crippen molar-refractivity contribution < 1.29 is 19.0 Å². The highest BCUT2D eigenvalue weighted by molar-refractivity contribution is 9.09. The number of primary amides is 1. The smallest absolute Gasteiger partial charge is 0.221 e. The number of ether oxygens (including phenoxy) is 3. The van der Waals surface area contributed by atoms with E-state index < -0.39 is 11.2 Å². The first kappa shape index (κ1) is 37.4. The number of amides is 1. The van der Waals surface area contributed by atoms with Crippen LogP contribution in [0, 0.1) is 11.3 Å². The second kappa shape index (κ2) is 17.5. The summed E-state index contributed by atoms with van der Waals surface area (Å²) in [5.41, 5.74) is 3.88. The monoisotopic (exact) mass is 698 g/mol. The van der Waals surface area contributed by atoms with Crippen molar-refractivity contribution in [3.05, 3.63) is 87.9 Å². The molecular weight excluding hydrogens is 663 g/mol. The van der Waals surface area contributed by atoms with E-state index in [0.29, 0.717) is 22.2 Å². The van der Waals surface area contributed by atoms with Gasteiger partial charge >= 0.3 is 0 Å². The molecule has 0 spiro atoms. The molecule has 42 heavy (non-hydrogen) atoms. The summed E-state index contributed by atoms with van der Waals surface area (Å²) in [6.45, 7) is 11.4. The number of nitrogens with two attached hydrogens (primary N) is 1. The summed E-state index contributed by atoms with van der Waals surface area (Å²) in [4.78, 5) is 10.8. The fourth-order valence-corrected chi connectivity index (χ4v) is 3.67. The first-order valence-corrected chi connectivity index (χ1v) is 15.3. The molecule has 228 valence electrons. The lowest BCUT2D eigenvalue weighted by molar-refractivity contribution is -0.121. The third-order valence-corrected chi connectivity index (χ3v) is 7.16. The van der Waals surface area contributed by atoms with E-state index >= 15 is 0 Å². The third-order valence-electron chi connectivity index (χ3n) is 5.05. The van der Waals surface area contributed by atoms with Crippen molar-refractivity contribution in [3.63, 3.8) is 0 Å². The molecule has 3 aromatic carbocycles. The van der Waals surface area contributed by atoms with Crippen molar-refractivity contribution in [2.45, 2.75) is 71.2 Å². The molecule has 2 N–H and O–H groups in total. The van der Waals surface area contributed by atoms with Crippen LogP contribution in [0.3, 0.4) is 0 Å². The maximum Gasteiger partial charge on any atom is 0.221 e. The lowest BCUT2D eigenvalue weighted by Crippen LogP contribution is -2.33. The van der Waals surface area contributed by atoms with Crippen LogP contribution in [0.4, 0.5) is 0 Å². The van der Waals surface area contributed by atoms with Crippen molar-refractivity contribution in [1.29, 1.82) is 5.26 Å². The van der Waals surface area contributed by atoms with Crippen LogP contribution >= 0.6 is 50.7 Å². The lowest BCUT2D eigenvalue weighted by atomic mass is 10.0. The van der Waals surface area contributed by atoms with Gasteiger partial charge in [-0.25, -0.2) is 0 Å². The van der Waals surface area contributed by atoms with Crippen LogP contribution in [0.1, 0.15) is 54.4 Å². The van der Waals surface area contributed by atoms with Crippen LogP contribution in [-0.4, -0.2) is 28.0 Å². The summed E-state index contributed by atoms with van der Waals surface area (Å²) in [5, 5.41) is 11.4. The number of hydrogen-bond donors (Lipinski definition) is 1. The number of hydrogen-bond acceptors (Lipinski definition) is 5. The van der Waals surface area contributed by atoms with Crippen molar-refractivity contribution in [3.8, 4) is 23.3 Å². The average Bonchev–Trinajstić information content (AvgIpc) is 2.88. The van der Waals surface area contributed by atoms with Gasteiger partial charge in [0, 0.05) is 20.4 Å². The predicted octanol–water partition coefficient (Wildman–Crippen LogP) is 9.68. The molecule has 0 heterocycles. The van der Waals surface area contributed by atoms with E-state index in [-0.39, 0.29) is 17.9 Å². The highest BCUT2D eigenvalue weighted by atomic mass is 79.9. The minimum absolute atomic E-state index is 0.176. The Labute approximate surface area is 273 Å². The molecule has 0 saturated carbocycles. The summed E-state index contributed by atoms with van der Waals surface area (Å²) >= 11 is 20.6. The van der Waals surface area contributed by atoms with Gasteiger partial charge < -0.3 is 19.9 Å². The fraction of sp³-hybridized carbons (Fsp3) is 0.375. The van der Waals surface area contributed by atoms with Gasteiger partial charge in [-0.3, -0.25) is 4.79 Å². The molecule has 3 aromatic rings. The highest BCUT2D eigenvalue weighted by Crippen LogP contribution is 2.24. The minimum Gasteiger partial charge on any atom is -0.487 e. The number of rotatable bonds is 10. The van der Waals surface area contributed by atoms with E-state index in [4.69, 9.17) is 60.0 Å². The predicted molar refractivity (Wildman–Crippen MR) is 176 cm³/mol. The number of halogens is 4. The maximum absolute atomic E-state index is 10.8. The van der Waals surface area contributed by atoms with Gasteiger partial charge in [0.05, 0.1) is 18.9 Å². The molecule has 6 nitrogen and oxygen atoms in total. The Morgan fingerprint density at radius 3 is 1.29 bits per heavy atom. The Morgan fingerprint density at radius 2 is 1.00 bits per heavy atom. The van der Waals surface area contributed by atoms with Gasteiger partial charge in [0.2, 0.25) is 5.91 Å². The number of nitriles is 1. The van der Waals surface area contributed by atoms with E-state index in [1.54, 1.807) is 48.5 Å². The molecule has 10 heteroatoms. The van der Waals surface area contributed by atoms with E-state index in [0.717, 1.165) is 21.9 Å². The second-order valence-electron chi connectivity index (χ2n) is 11.1. The molecule has 0 bridgehead atoms. The first-order chi connectivity index (χ1) is 19.5. The lowest BCUT2D eigenvalue weighted by Gasteiger charge is -2.25. The molecule has 0 aliphatic rings. The summed E-state index contributed by atoms with van der Waals surface area (Å²) in [7, 11) is 0. The molecule has 3 rings (SSSR count). The summed E-state index contributed by atoms with van der Waals surface area (Å²) in [6, 6.07) is 23.6. The number of alkyl halides is 1. The molecule has 0 aliphatic carbocycles. The van der Waals surface area contributed by atoms with Crippen molar-refractivity contribution in [2.24, 2.45) is 5.73 Å². The SMILES string of the molecule is CC(C)(CBr)Oc1ccc(Cl)cc1.CC(C)(CC#N)Oc1ccc(Cl)cc1.CC(C)(CC(N)=O)Oc1ccc(Cl)cc1.